The lowest BCUT2D eigenvalue weighted by Gasteiger charge is -2.30. The van der Waals surface area contributed by atoms with E-state index >= 15 is 0 Å². The van der Waals surface area contributed by atoms with Crippen LogP contribution in [0.4, 0.5) is 5.82 Å². The van der Waals surface area contributed by atoms with E-state index in [-0.39, 0.29) is 5.56 Å². The number of rotatable bonds is 5. The first-order valence-corrected chi connectivity index (χ1v) is 12.4. The van der Waals surface area contributed by atoms with E-state index in [0.717, 1.165) is 54.2 Å². The fourth-order valence-corrected chi connectivity index (χ4v) is 5.31. The number of nitriles is 1. The van der Waals surface area contributed by atoms with Gasteiger partial charge in [0.25, 0.3) is 5.56 Å². The van der Waals surface area contributed by atoms with E-state index in [2.05, 4.69) is 16.0 Å². The second-order valence-electron chi connectivity index (χ2n) is 9.38. The van der Waals surface area contributed by atoms with E-state index in [0.29, 0.717) is 29.7 Å². The lowest BCUT2D eigenvalue weighted by Crippen LogP contribution is -2.32. The maximum Gasteiger partial charge on any atom is 0.278 e. The molecular weight excluding hydrogens is 450 g/mol. The molecule has 3 aromatic heterocycles. The minimum atomic E-state index is -0.164. The van der Waals surface area contributed by atoms with E-state index in [1.807, 2.05) is 70.8 Å². The number of para-hydroxylation sites is 2. The monoisotopic (exact) mass is 477 g/mol. The molecule has 8 heteroatoms. The molecule has 0 atom stereocenters. The number of fused-ring (bicyclic) bond motifs is 2. The highest BCUT2D eigenvalue weighted by atomic mass is 16.1. The normalized spacial score (nSPS) is 13.9. The summed E-state index contributed by atoms with van der Waals surface area (Å²) in [6, 6.07) is 20.4. The van der Waals surface area contributed by atoms with Crippen LogP contribution in [0.3, 0.4) is 0 Å². The molecule has 5 aromatic rings. The van der Waals surface area contributed by atoms with Crippen molar-refractivity contribution in [3.63, 3.8) is 0 Å². The first-order valence-electron chi connectivity index (χ1n) is 12.4. The van der Waals surface area contributed by atoms with Crippen molar-refractivity contribution in [1.29, 1.82) is 5.26 Å². The van der Waals surface area contributed by atoms with Crippen LogP contribution in [-0.2, 0) is 20.1 Å². The first-order chi connectivity index (χ1) is 17.7. The van der Waals surface area contributed by atoms with Crippen molar-refractivity contribution >= 4 is 27.9 Å². The molecule has 1 aliphatic heterocycles. The summed E-state index contributed by atoms with van der Waals surface area (Å²) in [5.41, 5.74) is 4.24. The van der Waals surface area contributed by atoms with Crippen molar-refractivity contribution in [2.24, 2.45) is 7.05 Å². The Morgan fingerprint density at radius 1 is 0.972 bits per heavy atom. The quantitative estimate of drug-likeness (QED) is 0.381. The van der Waals surface area contributed by atoms with Crippen LogP contribution in [0.15, 0.2) is 65.7 Å². The van der Waals surface area contributed by atoms with Gasteiger partial charge in [-0.3, -0.25) is 9.36 Å². The molecule has 2 aromatic carbocycles. The number of hydrogen-bond donors (Lipinski definition) is 0. The third-order valence-electron chi connectivity index (χ3n) is 7.14. The average Bonchev–Trinajstić information content (AvgIpc) is 3.41. The Kier molecular flexibility index (Phi) is 5.53. The van der Waals surface area contributed by atoms with E-state index in [1.165, 1.54) is 6.42 Å². The minimum absolute atomic E-state index is 0.164. The predicted octanol–water partition coefficient (Wildman–Crippen LogP) is 4.04. The Hall–Kier alpha value is -4.38. The highest BCUT2D eigenvalue weighted by molar-refractivity contribution is 5.89. The van der Waals surface area contributed by atoms with Crippen molar-refractivity contribution in [3.8, 4) is 6.07 Å². The van der Waals surface area contributed by atoms with Gasteiger partial charge in [0, 0.05) is 26.7 Å². The van der Waals surface area contributed by atoms with Gasteiger partial charge in [-0.05, 0) is 37.0 Å². The van der Waals surface area contributed by atoms with Crippen molar-refractivity contribution < 1.29 is 0 Å². The van der Waals surface area contributed by atoms with Crippen LogP contribution in [0.25, 0.3) is 22.1 Å². The van der Waals surface area contributed by atoms with Gasteiger partial charge in [0.1, 0.15) is 34.3 Å². The van der Waals surface area contributed by atoms with Gasteiger partial charge < -0.3 is 14.0 Å². The summed E-state index contributed by atoms with van der Waals surface area (Å²) in [6.07, 6.45) is 4.88. The standard InChI is InChI=1S/C28H27N7O/c1-32-23-13-7-6-12-22(23)31-24(32)18-34-19-30-25-21(16-29)27(33-14-8-3-9-15-33)35(26(25)28(34)36)17-20-10-4-2-5-11-20/h2,4-7,10-13,19H,3,8-9,14-15,17-18H2,1H3. The molecule has 0 saturated carbocycles. The van der Waals surface area contributed by atoms with Crippen molar-refractivity contribution in [3.05, 3.63) is 88.2 Å². The molecule has 0 bridgehead atoms. The fraction of sp³-hybridized carbons (Fsp3) is 0.286. The maximum absolute atomic E-state index is 14.0. The van der Waals surface area contributed by atoms with Crippen molar-refractivity contribution in [2.75, 3.05) is 18.0 Å². The van der Waals surface area contributed by atoms with E-state index in [9.17, 15) is 10.1 Å². The van der Waals surface area contributed by atoms with Crippen molar-refractivity contribution in [2.45, 2.75) is 32.4 Å². The van der Waals surface area contributed by atoms with Crippen LogP contribution in [0.2, 0.25) is 0 Å². The molecule has 0 N–H and O–H groups in total. The van der Waals surface area contributed by atoms with Crippen LogP contribution in [0.5, 0.6) is 0 Å². The van der Waals surface area contributed by atoms with Gasteiger partial charge in [0.2, 0.25) is 0 Å². The van der Waals surface area contributed by atoms with E-state index in [1.54, 1.807) is 10.9 Å². The highest BCUT2D eigenvalue weighted by Crippen LogP contribution is 2.32. The summed E-state index contributed by atoms with van der Waals surface area (Å²) < 4.78 is 5.62. The molecule has 6 rings (SSSR count). The average molecular weight is 478 g/mol. The Balaban J connectivity index is 1.54. The number of nitrogens with zero attached hydrogens (tertiary/aromatic N) is 7. The summed E-state index contributed by atoms with van der Waals surface area (Å²) >= 11 is 0. The Morgan fingerprint density at radius 3 is 2.47 bits per heavy atom. The Bertz CT molecular complexity index is 1660. The minimum Gasteiger partial charge on any atom is -0.357 e. The second-order valence-corrected chi connectivity index (χ2v) is 9.38. The van der Waals surface area contributed by atoms with Gasteiger partial charge in [-0.15, -0.1) is 0 Å². The predicted molar refractivity (Wildman–Crippen MR) is 140 cm³/mol. The number of hydrogen-bond acceptors (Lipinski definition) is 5. The summed E-state index contributed by atoms with van der Waals surface area (Å²) in [6.45, 7) is 2.53. The summed E-state index contributed by atoms with van der Waals surface area (Å²) in [4.78, 5) is 25.6. The number of aromatic nitrogens is 5. The number of anilines is 1. The highest BCUT2D eigenvalue weighted by Gasteiger charge is 2.27. The number of aryl methyl sites for hydroxylation is 1. The van der Waals surface area contributed by atoms with Gasteiger partial charge >= 0.3 is 0 Å². The summed E-state index contributed by atoms with van der Waals surface area (Å²) in [5.74, 6) is 1.58. The third-order valence-corrected chi connectivity index (χ3v) is 7.14. The molecule has 8 nitrogen and oxygen atoms in total. The van der Waals surface area contributed by atoms with Gasteiger partial charge in [0.05, 0.1) is 23.9 Å². The third kappa shape index (κ3) is 3.64. The maximum atomic E-state index is 14.0. The Morgan fingerprint density at radius 2 is 1.72 bits per heavy atom. The van der Waals surface area contributed by atoms with Gasteiger partial charge in [-0.2, -0.15) is 5.26 Å². The molecular formula is C28H27N7O. The largest absolute Gasteiger partial charge is 0.357 e. The van der Waals surface area contributed by atoms with Gasteiger partial charge in [0.15, 0.2) is 0 Å². The Labute approximate surface area is 208 Å². The molecule has 4 heterocycles. The molecule has 0 radical (unpaired) electrons. The smallest absolute Gasteiger partial charge is 0.278 e. The molecule has 0 amide bonds. The fourth-order valence-electron chi connectivity index (χ4n) is 5.31. The molecule has 1 fully saturated rings. The summed E-state index contributed by atoms with van der Waals surface area (Å²) in [5, 5.41) is 10.2. The lowest BCUT2D eigenvalue weighted by atomic mass is 10.1. The van der Waals surface area contributed by atoms with Gasteiger partial charge in [-0.25, -0.2) is 9.97 Å². The molecule has 36 heavy (non-hydrogen) atoms. The van der Waals surface area contributed by atoms with E-state index < -0.39 is 0 Å². The second kappa shape index (κ2) is 9.00. The molecule has 0 spiro atoms. The van der Waals surface area contributed by atoms with Crippen LogP contribution >= 0.6 is 0 Å². The molecule has 0 unspecified atom stereocenters. The number of benzene rings is 2. The molecule has 0 aliphatic carbocycles. The zero-order valence-electron chi connectivity index (χ0n) is 20.3. The zero-order valence-corrected chi connectivity index (χ0v) is 20.3. The van der Waals surface area contributed by atoms with Crippen LogP contribution in [0, 0.1) is 11.3 Å². The topological polar surface area (TPSA) is 84.7 Å². The molecule has 180 valence electrons. The summed E-state index contributed by atoms with van der Waals surface area (Å²) in [7, 11) is 1.96. The van der Waals surface area contributed by atoms with Crippen LogP contribution in [-0.4, -0.2) is 36.8 Å². The number of imidazole rings is 1. The van der Waals surface area contributed by atoms with Gasteiger partial charge in [-0.1, -0.05) is 42.5 Å². The van der Waals surface area contributed by atoms with Crippen molar-refractivity contribution in [1.82, 2.24) is 23.7 Å². The number of piperidine rings is 1. The van der Waals surface area contributed by atoms with E-state index in [4.69, 9.17) is 4.98 Å². The zero-order chi connectivity index (χ0) is 24.6. The lowest BCUT2D eigenvalue weighted by molar-refractivity contribution is 0.564. The van der Waals surface area contributed by atoms with Crippen LogP contribution in [0.1, 0.15) is 36.2 Å². The molecule has 1 aliphatic rings. The molecule has 1 saturated heterocycles. The first kappa shape index (κ1) is 22.1. The SMILES string of the molecule is Cn1c(Cn2cnc3c(C#N)c(N4CCCCC4)n(Cc4ccccc4)c3c2=O)nc2ccccc21. The van der Waals surface area contributed by atoms with Crippen LogP contribution < -0.4 is 10.5 Å².